The maximum Gasteiger partial charge on any atom is 0.285 e. The van der Waals surface area contributed by atoms with Crippen LogP contribution in [0.2, 0.25) is 0 Å². The Bertz CT molecular complexity index is 1080. The lowest BCUT2D eigenvalue weighted by molar-refractivity contribution is -0.384. The number of rotatable bonds is 6. The molecule has 0 spiro atoms. The molecular formula is C17H16N4O6S. The fourth-order valence-electron chi connectivity index (χ4n) is 2.66. The molecular weight excluding hydrogens is 388 g/mol. The summed E-state index contributed by atoms with van der Waals surface area (Å²) in [7, 11) is -2.44. The number of nitrogens with zero attached hydrogens (tertiary/aromatic N) is 4. The van der Waals surface area contributed by atoms with Gasteiger partial charge in [0.2, 0.25) is 0 Å². The number of amidine groups is 1. The Morgan fingerprint density at radius 3 is 2.75 bits per heavy atom. The third-order valence-electron chi connectivity index (χ3n) is 3.93. The first-order chi connectivity index (χ1) is 13.4. The number of hydrogen-bond donors (Lipinski definition) is 1. The topological polar surface area (TPSA) is 135 Å². The van der Waals surface area contributed by atoms with Gasteiger partial charge in [0.25, 0.3) is 15.7 Å². The molecule has 2 aromatic rings. The van der Waals surface area contributed by atoms with Gasteiger partial charge in [-0.15, -0.1) is 4.40 Å². The third kappa shape index (κ3) is 3.70. The second-order valence-corrected chi connectivity index (χ2v) is 7.23. The van der Waals surface area contributed by atoms with Gasteiger partial charge in [0.05, 0.1) is 31.4 Å². The first-order valence-electron chi connectivity index (χ1n) is 8.06. The summed E-state index contributed by atoms with van der Waals surface area (Å²) < 4.78 is 33.4. The number of benzene rings is 2. The van der Waals surface area contributed by atoms with E-state index in [2.05, 4.69) is 9.50 Å². The van der Waals surface area contributed by atoms with Crippen molar-refractivity contribution in [3.63, 3.8) is 0 Å². The molecule has 0 aliphatic carbocycles. The number of methoxy groups -OCH3 is 1. The maximum absolute atomic E-state index is 12.2. The van der Waals surface area contributed by atoms with Crippen LogP contribution in [-0.4, -0.2) is 55.8 Å². The molecule has 146 valence electrons. The lowest BCUT2D eigenvalue weighted by Crippen LogP contribution is -2.29. The number of nitro benzene ring substituents is 1. The Labute approximate surface area is 160 Å². The zero-order chi connectivity index (χ0) is 20.3. The average Bonchev–Trinajstić information content (AvgIpc) is 2.96. The van der Waals surface area contributed by atoms with Crippen molar-refractivity contribution in [3.05, 3.63) is 63.7 Å². The van der Waals surface area contributed by atoms with Crippen LogP contribution in [-0.2, 0) is 10.0 Å². The summed E-state index contributed by atoms with van der Waals surface area (Å²) in [6.07, 6.45) is 1.29. The molecule has 0 bridgehead atoms. The fourth-order valence-corrected chi connectivity index (χ4v) is 3.86. The molecule has 0 aromatic heterocycles. The molecule has 0 fully saturated rings. The minimum absolute atomic E-state index is 0.0313. The molecule has 0 atom stereocenters. The molecule has 1 heterocycles. The summed E-state index contributed by atoms with van der Waals surface area (Å²) >= 11 is 0. The Morgan fingerprint density at radius 1 is 1.32 bits per heavy atom. The lowest BCUT2D eigenvalue weighted by Gasteiger charge is -2.17. The molecule has 1 aliphatic rings. The molecule has 11 heteroatoms. The van der Waals surface area contributed by atoms with Crippen LogP contribution in [0.4, 0.5) is 5.69 Å². The predicted octanol–water partition coefficient (Wildman–Crippen LogP) is 1.38. The molecule has 10 nitrogen and oxygen atoms in total. The van der Waals surface area contributed by atoms with Crippen LogP contribution < -0.4 is 4.74 Å². The molecule has 0 saturated carbocycles. The van der Waals surface area contributed by atoms with E-state index in [1.165, 1.54) is 42.6 Å². The van der Waals surface area contributed by atoms with Crippen molar-refractivity contribution in [2.24, 2.45) is 9.50 Å². The van der Waals surface area contributed by atoms with Crippen molar-refractivity contribution in [1.29, 1.82) is 0 Å². The standard InChI is InChI=1S/C17H16N4O6S/c1-27-15-7-6-13(21(23)24)10-12(15)11-18-20(8-9-22)17-14-4-2-3-5-16(14)28(25,26)19-17/h2-7,10-11,22H,8-9H2,1H3. The highest BCUT2D eigenvalue weighted by Crippen LogP contribution is 2.28. The monoisotopic (exact) mass is 404 g/mol. The molecule has 0 radical (unpaired) electrons. The van der Waals surface area contributed by atoms with E-state index in [0.717, 1.165) is 0 Å². The van der Waals surface area contributed by atoms with Crippen molar-refractivity contribution < 1.29 is 23.2 Å². The van der Waals surface area contributed by atoms with Crippen LogP contribution in [0, 0.1) is 10.1 Å². The number of nitro groups is 1. The van der Waals surface area contributed by atoms with E-state index in [-0.39, 0.29) is 29.6 Å². The smallest absolute Gasteiger partial charge is 0.285 e. The number of non-ortho nitro benzene ring substituents is 1. The summed E-state index contributed by atoms with van der Waals surface area (Å²) in [6, 6.07) is 10.3. The van der Waals surface area contributed by atoms with Gasteiger partial charge >= 0.3 is 0 Å². The Kier molecular flexibility index (Phi) is 5.38. The minimum atomic E-state index is -3.86. The third-order valence-corrected chi connectivity index (χ3v) is 5.25. The zero-order valence-electron chi connectivity index (χ0n) is 14.7. The van der Waals surface area contributed by atoms with Crippen molar-refractivity contribution in [3.8, 4) is 5.75 Å². The Hall–Kier alpha value is -3.31. The van der Waals surface area contributed by atoms with Gasteiger partial charge in [-0.25, -0.2) is 5.01 Å². The second kappa shape index (κ2) is 7.74. The van der Waals surface area contributed by atoms with Gasteiger partial charge in [-0.1, -0.05) is 12.1 Å². The van der Waals surface area contributed by atoms with Crippen LogP contribution >= 0.6 is 0 Å². The number of sulfonamides is 1. The SMILES string of the molecule is COc1ccc([N+](=O)[O-])cc1C=NN(CCO)C1=NS(=O)(=O)c2ccccc21. The van der Waals surface area contributed by atoms with Crippen molar-refractivity contribution in [2.75, 3.05) is 20.3 Å². The molecule has 3 rings (SSSR count). The molecule has 28 heavy (non-hydrogen) atoms. The van der Waals surface area contributed by atoms with Crippen molar-refractivity contribution in [1.82, 2.24) is 5.01 Å². The highest BCUT2D eigenvalue weighted by Gasteiger charge is 2.31. The maximum atomic E-state index is 12.2. The van der Waals surface area contributed by atoms with Gasteiger partial charge in [-0.2, -0.15) is 13.5 Å². The quantitative estimate of drug-likeness (QED) is 0.436. The normalized spacial score (nSPS) is 14.6. The minimum Gasteiger partial charge on any atom is -0.496 e. The van der Waals surface area contributed by atoms with Crippen LogP contribution in [0.1, 0.15) is 11.1 Å². The number of hydrogen-bond acceptors (Lipinski definition) is 8. The van der Waals surface area contributed by atoms with Crippen LogP contribution in [0.25, 0.3) is 0 Å². The zero-order valence-corrected chi connectivity index (χ0v) is 15.5. The molecule has 1 aliphatic heterocycles. The van der Waals surface area contributed by atoms with E-state index >= 15 is 0 Å². The van der Waals surface area contributed by atoms with Gasteiger partial charge in [0.1, 0.15) is 10.6 Å². The molecule has 1 N–H and O–H groups in total. The highest BCUT2D eigenvalue weighted by atomic mass is 32.2. The van der Waals surface area contributed by atoms with Gasteiger partial charge in [-0.3, -0.25) is 10.1 Å². The van der Waals surface area contributed by atoms with E-state index in [9.17, 15) is 23.6 Å². The van der Waals surface area contributed by atoms with Crippen molar-refractivity contribution in [2.45, 2.75) is 4.90 Å². The largest absolute Gasteiger partial charge is 0.496 e. The van der Waals surface area contributed by atoms with E-state index in [1.54, 1.807) is 18.2 Å². The molecule has 2 aromatic carbocycles. The molecule has 0 amide bonds. The number of ether oxygens (including phenoxy) is 1. The van der Waals surface area contributed by atoms with Gasteiger partial charge in [0, 0.05) is 23.3 Å². The predicted molar refractivity (Wildman–Crippen MR) is 101 cm³/mol. The summed E-state index contributed by atoms with van der Waals surface area (Å²) in [5, 5.41) is 25.8. The summed E-state index contributed by atoms with van der Waals surface area (Å²) in [5.74, 6) is 0.407. The van der Waals surface area contributed by atoms with Crippen molar-refractivity contribution >= 4 is 27.8 Å². The van der Waals surface area contributed by atoms with Crippen LogP contribution in [0.5, 0.6) is 5.75 Å². The highest BCUT2D eigenvalue weighted by molar-refractivity contribution is 7.90. The summed E-state index contributed by atoms with van der Waals surface area (Å²) in [4.78, 5) is 10.5. The number of aliphatic hydroxyl groups excluding tert-OH is 1. The van der Waals surface area contributed by atoms with E-state index in [4.69, 9.17) is 4.74 Å². The van der Waals surface area contributed by atoms with E-state index in [1.807, 2.05) is 0 Å². The summed E-state index contributed by atoms with van der Waals surface area (Å²) in [5.41, 5.74) is 0.524. The van der Waals surface area contributed by atoms with E-state index < -0.39 is 14.9 Å². The molecule has 0 unspecified atom stereocenters. The number of fused-ring (bicyclic) bond motifs is 1. The van der Waals surface area contributed by atoms with Gasteiger partial charge < -0.3 is 9.84 Å². The second-order valence-electron chi connectivity index (χ2n) is 5.66. The number of hydrazone groups is 1. The van der Waals surface area contributed by atoms with E-state index in [0.29, 0.717) is 16.9 Å². The first-order valence-corrected chi connectivity index (χ1v) is 9.50. The Morgan fingerprint density at radius 2 is 2.07 bits per heavy atom. The van der Waals surface area contributed by atoms with Crippen LogP contribution in [0.15, 0.2) is 56.9 Å². The first kappa shape index (κ1) is 19.5. The fraction of sp³-hybridized carbons (Fsp3) is 0.176. The number of aliphatic hydroxyl groups is 1. The van der Waals surface area contributed by atoms with Gasteiger partial charge in [0.15, 0.2) is 5.84 Å². The van der Waals surface area contributed by atoms with Crippen LogP contribution in [0.3, 0.4) is 0 Å². The summed E-state index contributed by atoms with van der Waals surface area (Å²) in [6.45, 7) is -0.346. The molecule has 0 saturated heterocycles. The Balaban J connectivity index is 2.02. The van der Waals surface area contributed by atoms with Gasteiger partial charge in [-0.05, 0) is 18.2 Å². The lowest BCUT2D eigenvalue weighted by atomic mass is 10.2. The average molecular weight is 404 g/mol.